The molecule has 1 aromatic rings. The van der Waals surface area contributed by atoms with Gasteiger partial charge in [-0.1, -0.05) is 0 Å². The van der Waals surface area contributed by atoms with Crippen LogP contribution in [0.25, 0.3) is 0 Å². The van der Waals surface area contributed by atoms with Crippen LogP contribution in [0.1, 0.15) is 27.9 Å². The van der Waals surface area contributed by atoms with Crippen LogP contribution in [0.5, 0.6) is 0 Å². The number of rotatable bonds is 7. The maximum Gasteiger partial charge on any atom is 0.345 e. The van der Waals surface area contributed by atoms with Crippen LogP contribution in [0.3, 0.4) is 0 Å². The van der Waals surface area contributed by atoms with Crippen molar-refractivity contribution in [1.82, 2.24) is 10.2 Å². The SMILES string of the molecule is CC(CCN(C)C)NCc1ccc(C(=O)O)s1. The van der Waals surface area contributed by atoms with Crippen molar-refractivity contribution in [2.75, 3.05) is 20.6 Å². The Bertz CT molecular complexity index is 363. The van der Waals surface area contributed by atoms with Crippen molar-refractivity contribution in [3.8, 4) is 0 Å². The van der Waals surface area contributed by atoms with E-state index < -0.39 is 5.97 Å². The van der Waals surface area contributed by atoms with Gasteiger partial charge in [-0.25, -0.2) is 4.79 Å². The second-order valence-electron chi connectivity index (χ2n) is 4.45. The fourth-order valence-corrected chi connectivity index (χ4v) is 2.21. The van der Waals surface area contributed by atoms with Gasteiger partial charge in [-0.15, -0.1) is 11.3 Å². The van der Waals surface area contributed by atoms with E-state index in [1.165, 1.54) is 11.3 Å². The van der Waals surface area contributed by atoms with Gasteiger partial charge in [0.1, 0.15) is 4.88 Å². The van der Waals surface area contributed by atoms with Crippen molar-refractivity contribution in [3.05, 3.63) is 21.9 Å². The zero-order valence-corrected chi connectivity index (χ0v) is 11.4. The monoisotopic (exact) mass is 256 g/mol. The fraction of sp³-hybridized carbons (Fsp3) is 0.583. The van der Waals surface area contributed by atoms with Crippen LogP contribution in [-0.4, -0.2) is 42.7 Å². The number of hydrogen-bond donors (Lipinski definition) is 2. The number of nitrogens with zero attached hydrogens (tertiary/aromatic N) is 1. The number of hydrogen-bond acceptors (Lipinski definition) is 4. The summed E-state index contributed by atoms with van der Waals surface area (Å²) in [6.45, 7) is 3.95. The van der Waals surface area contributed by atoms with Crippen LogP contribution in [0.4, 0.5) is 0 Å². The average Bonchev–Trinajstić information content (AvgIpc) is 2.72. The van der Waals surface area contributed by atoms with E-state index in [2.05, 4.69) is 31.2 Å². The summed E-state index contributed by atoms with van der Waals surface area (Å²) in [5, 5.41) is 12.2. The molecule has 96 valence electrons. The number of carboxylic acid groups (broad SMARTS) is 1. The Hall–Kier alpha value is -0.910. The molecule has 1 rings (SSSR count). The van der Waals surface area contributed by atoms with Crippen LogP contribution in [0.2, 0.25) is 0 Å². The van der Waals surface area contributed by atoms with Gasteiger partial charge in [-0.2, -0.15) is 0 Å². The van der Waals surface area contributed by atoms with Gasteiger partial charge in [0, 0.05) is 17.5 Å². The lowest BCUT2D eigenvalue weighted by Crippen LogP contribution is -2.29. The molecule has 17 heavy (non-hydrogen) atoms. The molecule has 0 aromatic carbocycles. The van der Waals surface area contributed by atoms with Crippen LogP contribution in [0, 0.1) is 0 Å². The molecular weight excluding hydrogens is 236 g/mol. The molecule has 1 aromatic heterocycles. The van der Waals surface area contributed by atoms with Gasteiger partial charge in [0.2, 0.25) is 0 Å². The number of carboxylic acids is 1. The van der Waals surface area contributed by atoms with E-state index in [1.54, 1.807) is 6.07 Å². The topological polar surface area (TPSA) is 52.6 Å². The van der Waals surface area contributed by atoms with Gasteiger partial charge in [0.25, 0.3) is 0 Å². The molecule has 0 bridgehead atoms. The first-order valence-electron chi connectivity index (χ1n) is 5.69. The summed E-state index contributed by atoms with van der Waals surface area (Å²) in [6, 6.07) is 3.97. The summed E-state index contributed by atoms with van der Waals surface area (Å²) < 4.78 is 0. The second kappa shape index (κ2) is 6.74. The van der Waals surface area contributed by atoms with E-state index >= 15 is 0 Å². The molecule has 0 amide bonds. The number of nitrogens with one attached hydrogen (secondary N) is 1. The van der Waals surface area contributed by atoms with Crippen molar-refractivity contribution >= 4 is 17.3 Å². The summed E-state index contributed by atoms with van der Waals surface area (Å²) in [5.74, 6) is -0.845. The second-order valence-corrected chi connectivity index (χ2v) is 5.61. The molecule has 1 unspecified atom stereocenters. The standard InChI is InChI=1S/C12H20N2O2S/c1-9(6-7-14(2)3)13-8-10-4-5-11(17-10)12(15)16/h4-5,9,13H,6-8H2,1-3H3,(H,15,16). The molecule has 0 aliphatic heterocycles. The molecule has 2 N–H and O–H groups in total. The van der Waals surface area contributed by atoms with Gasteiger partial charge < -0.3 is 15.3 Å². The molecule has 4 nitrogen and oxygen atoms in total. The van der Waals surface area contributed by atoms with Crippen LogP contribution in [-0.2, 0) is 6.54 Å². The maximum absolute atomic E-state index is 10.7. The summed E-state index contributed by atoms with van der Waals surface area (Å²) in [4.78, 5) is 14.3. The Labute approximate surface area is 106 Å². The number of carbonyl (C=O) groups is 1. The highest BCUT2D eigenvalue weighted by molar-refractivity contribution is 7.13. The summed E-state index contributed by atoms with van der Waals surface area (Å²) in [7, 11) is 4.12. The van der Waals surface area contributed by atoms with Crippen molar-refractivity contribution < 1.29 is 9.90 Å². The number of aromatic carboxylic acids is 1. The highest BCUT2D eigenvalue weighted by atomic mass is 32.1. The third-order valence-electron chi connectivity index (χ3n) is 2.51. The first kappa shape index (κ1) is 14.2. The average molecular weight is 256 g/mol. The Morgan fingerprint density at radius 1 is 1.53 bits per heavy atom. The van der Waals surface area contributed by atoms with Crippen LogP contribution < -0.4 is 5.32 Å². The molecule has 1 atom stereocenters. The molecule has 0 spiro atoms. The quantitative estimate of drug-likeness (QED) is 0.782. The third-order valence-corrected chi connectivity index (χ3v) is 3.58. The highest BCUT2D eigenvalue weighted by Crippen LogP contribution is 2.16. The minimum Gasteiger partial charge on any atom is -0.477 e. The molecule has 0 saturated carbocycles. The zero-order chi connectivity index (χ0) is 12.8. The zero-order valence-electron chi connectivity index (χ0n) is 10.6. The Morgan fingerprint density at radius 2 is 2.24 bits per heavy atom. The van der Waals surface area contributed by atoms with Crippen molar-refractivity contribution in [2.24, 2.45) is 0 Å². The maximum atomic E-state index is 10.7. The van der Waals surface area contributed by atoms with Crippen molar-refractivity contribution in [2.45, 2.75) is 25.9 Å². The molecular formula is C12H20N2O2S. The van der Waals surface area contributed by atoms with Gasteiger partial charge in [0.05, 0.1) is 0 Å². The molecule has 0 fully saturated rings. The summed E-state index contributed by atoms with van der Waals surface area (Å²) in [6.07, 6.45) is 1.09. The minimum absolute atomic E-state index is 0.405. The van der Waals surface area contributed by atoms with Gasteiger partial charge in [-0.3, -0.25) is 0 Å². The van der Waals surface area contributed by atoms with E-state index in [9.17, 15) is 4.79 Å². The van der Waals surface area contributed by atoms with Crippen molar-refractivity contribution in [3.63, 3.8) is 0 Å². The molecule has 0 aliphatic rings. The number of thiophene rings is 1. The van der Waals surface area contributed by atoms with Gasteiger partial charge >= 0.3 is 5.97 Å². The van der Waals surface area contributed by atoms with E-state index in [-0.39, 0.29) is 0 Å². The minimum atomic E-state index is -0.845. The van der Waals surface area contributed by atoms with Gasteiger partial charge in [-0.05, 0) is 46.1 Å². The molecule has 0 saturated heterocycles. The van der Waals surface area contributed by atoms with Gasteiger partial charge in [0.15, 0.2) is 0 Å². The highest BCUT2D eigenvalue weighted by Gasteiger charge is 2.08. The summed E-state index contributed by atoms with van der Waals surface area (Å²) in [5.41, 5.74) is 0. The Morgan fingerprint density at radius 3 is 2.76 bits per heavy atom. The van der Waals surface area contributed by atoms with E-state index in [4.69, 9.17) is 5.11 Å². The molecule has 0 aliphatic carbocycles. The molecule has 5 heteroatoms. The first-order chi connectivity index (χ1) is 7.99. The predicted octanol–water partition coefficient (Wildman–Crippen LogP) is 1.88. The fourth-order valence-electron chi connectivity index (χ4n) is 1.42. The third kappa shape index (κ3) is 5.30. The normalized spacial score (nSPS) is 12.9. The lowest BCUT2D eigenvalue weighted by molar-refractivity contribution is 0.0702. The van der Waals surface area contributed by atoms with Crippen LogP contribution in [0.15, 0.2) is 12.1 Å². The molecule has 0 radical (unpaired) electrons. The first-order valence-corrected chi connectivity index (χ1v) is 6.51. The smallest absolute Gasteiger partial charge is 0.345 e. The summed E-state index contributed by atoms with van der Waals surface area (Å²) >= 11 is 1.33. The lowest BCUT2D eigenvalue weighted by atomic mass is 10.2. The van der Waals surface area contributed by atoms with Crippen molar-refractivity contribution in [1.29, 1.82) is 0 Å². The largest absolute Gasteiger partial charge is 0.477 e. The van der Waals surface area contributed by atoms with E-state index in [0.29, 0.717) is 10.9 Å². The van der Waals surface area contributed by atoms with E-state index in [1.807, 2.05) is 6.07 Å². The predicted molar refractivity (Wildman–Crippen MR) is 70.8 cm³/mol. The van der Waals surface area contributed by atoms with Crippen LogP contribution >= 0.6 is 11.3 Å². The Balaban J connectivity index is 2.31. The Kier molecular flexibility index (Phi) is 5.61. The molecule has 1 heterocycles. The van der Waals surface area contributed by atoms with E-state index in [0.717, 1.165) is 24.4 Å². The lowest BCUT2D eigenvalue weighted by Gasteiger charge is -2.16.